The van der Waals surface area contributed by atoms with Crippen molar-refractivity contribution in [3.05, 3.63) is 70.3 Å². The van der Waals surface area contributed by atoms with Crippen LogP contribution in [-0.2, 0) is 11.3 Å². The summed E-state index contributed by atoms with van der Waals surface area (Å²) in [6.07, 6.45) is 1.15. The van der Waals surface area contributed by atoms with Gasteiger partial charge in [0.1, 0.15) is 13.1 Å². The van der Waals surface area contributed by atoms with Crippen LogP contribution in [0.2, 0.25) is 0 Å². The minimum absolute atomic E-state index is 0.893. The first-order chi connectivity index (χ1) is 13.8. The molecule has 0 radical (unpaired) electrons. The van der Waals surface area contributed by atoms with Gasteiger partial charge in [-0.1, -0.05) is 48.0 Å². The van der Waals surface area contributed by atoms with Gasteiger partial charge in [0.15, 0.2) is 4.80 Å². The Morgan fingerprint density at radius 1 is 1.04 bits per heavy atom. The van der Waals surface area contributed by atoms with E-state index in [1.54, 1.807) is 16.2 Å². The molecule has 1 aromatic heterocycles. The van der Waals surface area contributed by atoms with E-state index >= 15 is 0 Å². The first-order valence-electron chi connectivity index (χ1n) is 10.1. The lowest BCUT2D eigenvalue weighted by atomic mass is 10.1. The molecule has 28 heavy (non-hydrogen) atoms. The highest BCUT2D eigenvalue weighted by atomic mass is 32.1. The molecule has 1 N–H and O–H groups in total. The molecule has 0 aliphatic carbocycles. The Hall–Kier alpha value is -2.21. The van der Waals surface area contributed by atoms with Crippen molar-refractivity contribution in [3.8, 4) is 11.3 Å². The van der Waals surface area contributed by atoms with Gasteiger partial charge in [-0.15, -0.1) is 11.3 Å². The highest BCUT2D eigenvalue weighted by Crippen LogP contribution is 2.21. The van der Waals surface area contributed by atoms with Crippen molar-refractivity contribution < 1.29 is 9.64 Å². The first kappa shape index (κ1) is 19.1. The molecular formula is C23H28N3OS+. The molecule has 1 aliphatic heterocycles. The number of hydrogen-bond acceptors (Lipinski definition) is 3. The average molecular weight is 395 g/mol. The summed E-state index contributed by atoms with van der Waals surface area (Å²) in [6, 6.07) is 19.0. The zero-order chi connectivity index (χ0) is 19.2. The second kappa shape index (κ2) is 9.32. The zero-order valence-electron chi connectivity index (χ0n) is 16.4. The summed E-state index contributed by atoms with van der Waals surface area (Å²) in [6.45, 7) is 8.34. The molecule has 2 heterocycles. The van der Waals surface area contributed by atoms with E-state index in [0.29, 0.717) is 0 Å². The monoisotopic (exact) mass is 394 g/mol. The molecule has 1 aliphatic rings. The smallest absolute Gasteiger partial charge is 0.190 e. The van der Waals surface area contributed by atoms with Gasteiger partial charge in [-0.05, 0) is 24.6 Å². The largest absolute Gasteiger partial charge is 0.370 e. The van der Waals surface area contributed by atoms with E-state index in [9.17, 15) is 0 Å². The van der Waals surface area contributed by atoms with Crippen LogP contribution in [0, 0.1) is 6.92 Å². The van der Waals surface area contributed by atoms with Crippen LogP contribution in [0.4, 0.5) is 5.69 Å². The third kappa shape index (κ3) is 4.79. The molecule has 1 saturated heterocycles. The van der Waals surface area contributed by atoms with E-state index in [0.717, 1.165) is 49.8 Å². The third-order valence-electron chi connectivity index (χ3n) is 5.24. The number of nitrogens with one attached hydrogen (secondary N) is 1. The molecule has 0 spiro atoms. The topological polar surface area (TPSA) is 31.0 Å². The Balaban J connectivity index is 1.61. The van der Waals surface area contributed by atoms with E-state index < -0.39 is 0 Å². The van der Waals surface area contributed by atoms with Gasteiger partial charge in [-0.3, -0.25) is 0 Å². The summed E-state index contributed by atoms with van der Waals surface area (Å²) in [7, 11) is 0. The van der Waals surface area contributed by atoms with Crippen molar-refractivity contribution in [2.24, 2.45) is 4.99 Å². The molecule has 0 atom stereocenters. The van der Waals surface area contributed by atoms with Crippen molar-refractivity contribution in [1.82, 2.24) is 4.57 Å². The van der Waals surface area contributed by atoms with Crippen LogP contribution in [0.25, 0.3) is 11.3 Å². The van der Waals surface area contributed by atoms with Crippen LogP contribution < -0.4 is 9.70 Å². The number of nitrogens with zero attached hydrogens (tertiary/aromatic N) is 2. The van der Waals surface area contributed by atoms with E-state index in [1.807, 2.05) is 18.2 Å². The number of hydrogen-bond donors (Lipinski definition) is 1. The van der Waals surface area contributed by atoms with Gasteiger partial charge < -0.3 is 14.2 Å². The van der Waals surface area contributed by atoms with Crippen LogP contribution in [0.15, 0.2) is 65.0 Å². The van der Waals surface area contributed by atoms with Gasteiger partial charge in [-0.25, -0.2) is 4.99 Å². The number of quaternary nitrogens is 1. The zero-order valence-corrected chi connectivity index (χ0v) is 17.3. The summed E-state index contributed by atoms with van der Waals surface area (Å²) < 4.78 is 7.88. The fourth-order valence-electron chi connectivity index (χ4n) is 3.60. The van der Waals surface area contributed by atoms with Crippen molar-refractivity contribution >= 4 is 17.0 Å². The highest BCUT2D eigenvalue weighted by molar-refractivity contribution is 7.07. The van der Waals surface area contributed by atoms with Gasteiger partial charge in [-0.2, -0.15) is 0 Å². The Morgan fingerprint density at radius 3 is 2.54 bits per heavy atom. The lowest BCUT2D eigenvalue weighted by Crippen LogP contribution is -3.14. The highest BCUT2D eigenvalue weighted by Gasteiger charge is 2.14. The quantitative estimate of drug-likeness (QED) is 0.684. The van der Waals surface area contributed by atoms with E-state index in [-0.39, 0.29) is 0 Å². The van der Waals surface area contributed by atoms with E-state index in [1.165, 1.54) is 23.4 Å². The Kier molecular flexibility index (Phi) is 6.37. The lowest BCUT2D eigenvalue weighted by molar-refractivity contribution is -0.908. The summed E-state index contributed by atoms with van der Waals surface area (Å²) >= 11 is 1.73. The Bertz CT molecular complexity index is 938. The number of morpholine rings is 1. The first-order valence-corrected chi connectivity index (χ1v) is 10.9. The number of ether oxygens (including phenoxy) is 1. The number of rotatable bonds is 6. The SMILES string of the molecule is Cc1ccc(-c2csc(=Nc3ccccc3)n2CCC[NH+]2CCOCC2)cc1. The normalized spacial score (nSPS) is 15.8. The predicted molar refractivity (Wildman–Crippen MR) is 115 cm³/mol. The minimum Gasteiger partial charge on any atom is -0.370 e. The lowest BCUT2D eigenvalue weighted by Gasteiger charge is -2.23. The van der Waals surface area contributed by atoms with Gasteiger partial charge in [0.25, 0.3) is 0 Å². The maximum atomic E-state index is 5.48. The fraction of sp³-hybridized carbons (Fsp3) is 0.348. The number of thiazole rings is 1. The Morgan fingerprint density at radius 2 is 1.79 bits per heavy atom. The molecule has 0 amide bonds. The molecule has 5 heteroatoms. The minimum atomic E-state index is 0.893. The van der Waals surface area contributed by atoms with E-state index in [2.05, 4.69) is 53.3 Å². The molecular weight excluding hydrogens is 366 g/mol. The predicted octanol–water partition coefficient (Wildman–Crippen LogP) is 3.06. The fourth-order valence-corrected chi connectivity index (χ4v) is 4.56. The number of benzene rings is 2. The van der Waals surface area contributed by atoms with Crippen LogP contribution in [0.1, 0.15) is 12.0 Å². The molecule has 1 fully saturated rings. The Labute approximate surface area is 170 Å². The third-order valence-corrected chi connectivity index (χ3v) is 6.10. The van der Waals surface area contributed by atoms with Gasteiger partial charge in [0.05, 0.1) is 31.1 Å². The standard InChI is InChI=1S/C23H27N3OS/c1-19-8-10-20(11-9-19)22-18-28-23(24-21-6-3-2-4-7-21)26(22)13-5-12-25-14-16-27-17-15-25/h2-4,6-11,18H,5,12-17H2,1H3/p+1. The van der Waals surface area contributed by atoms with Crippen molar-refractivity contribution in [3.63, 3.8) is 0 Å². The number of para-hydroxylation sites is 1. The van der Waals surface area contributed by atoms with Crippen molar-refractivity contribution in [2.75, 3.05) is 32.8 Å². The molecule has 146 valence electrons. The second-order valence-corrected chi connectivity index (χ2v) is 8.17. The van der Waals surface area contributed by atoms with Crippen LogP contribution in [0.3, 0.4) is 0 Å². The molecule has 4 nitrogen and oxygen atoms in total. The summed E-state index contributed by atoms with van der Waals surface area (Å²) in [5, 5.41) is 2.24. The molecule has 3 aromatic rings. The summed E-state index contributed by atoms with van der Waals surface area (Å²) in [5.74, 6) is 0. The molecule has 2 aromatic carbocycles. The van der Waals surface area contributed by atoms with E-state index in [4.69, 9.17) is 9.73 Å². The average Bonchev–Trinajstić information content (AvgIpc) is 3.12. The van der Waals surface area contributed by atoms with Crippen LogP contribution in [0.5, 0.6) is 0 Å². The van der Waals surface area contributed by atoms with Crippen molar-refractivity contribution in [1.29, 1.82) is 0 Å². The maximum Gasteiger partial charge on any atom is 0.190 e. The molecule has 0 bridgehead atoms. The maximum absolute atomic E-state index is 5.48. The summed E-state index contributed by atoms with van der Waals surface area (Å²) in [4.78, 5) is 7.65. The molecule has 4 rings (SSSR count). The molecule has 0 saturated carbocycles. The van der Waals surface area contributed by atoms with Gasteiger partial charge in [0, 0.05) is 18.3 Å². The number of aryl methyl sites for hydroxylation is 1. The summed E-state index contributed by atoms with van der Waals surface area (Å²) in [5.41, 5.74) is 4.81. The van der Waals surface area contributed by atoms with Crippen LogP contribution >= 0.6 is 11.3 Å². The van der Waals surface area contributed by atoms with Gasteiger partial charge >= 0.3 is 0 Å². The van der Waals surface area contributed by atoms with Crippen molar-refractivity contribution in [2.45, 2.75) is 19.9 Å². The van der Waals surface area contributed by atoms with Gasteiger partial charge in [0.2, 0.25) is 0 Å². The van der Waals surface area contributed by atoms with Crippen LogP contribution in [-0.4, -0.2) is 37.4 Å². The number of aromatic nitrogens is 1. The second-order valence-electron chi connectivity index (χ2n) is 7.33. The molecule has 0 unspecified atom stereocenters.